The second-order valence-electron chi connectivity index (χ2n) is 9.18. The molecule has 0 aromatic carbocycles. The normalized spacial score (nSPS) is 13.5. The van der Waals surface area contributed by atoms with E-state index in [1.807, 2.05) is 6.92 Å². The van der Waals surface area contributed by atoms with E-state index in [0.717, 1.165) is 6.42 Å². The number of amides is 1. The molecule has 0 aromatic rings. The van der Waals surface area contributed by atoms with E-state index in [1.54, 1.807) is 10.6 Å². The topological polar surface area (TPSA) is 57.2 Å². The predicted octanol–water partition coefficient (Wildman–Crippen LogP) is 5.01. The lowest BCUT2D eigenvalue weighted by Gasteiger charge is -2.46. The van der Waals surface area contributed by atoms with E-state index in [-0.39, 0.29) is 6.61 Å². The van der Waals surface area contributed by atoms with Gasteiger partial charge in [0.2, 0.25) is 0 Å². The molecule has 0 rings (SSSR count). The third-order valence-corrected chi connectivity index (χ3v) is 14.1. The van der Waals surface area contributed by atoms with Crippen LogP contribution in [0.3, 0.4) is 0 Å². The van der Waals surface area contributed by atoms with Crippen LogP contribution in [-0.4, -0.2) is 57.7 Å². The Hall–Kier alpha value is -0.242. The third kappa shape index (κ3) is 10.2. The van der Waals surface area contributed by atoms with Gasteiger partial charge in [-0.2, -0.15) is 0 Å². The van der Waals surface area contributed by atoms with Crippen molar-refractivity contribution < 1.29 is 21.9 Å². The SMILES string of the molecule is C=CCOC(=O)N(CCC)[Si](O[Si](C)(C)C)(O[Si](C)(C)C)O[Si](C)(C)C. The quantitative estimate of drug-likeness (QED) is 0.336. The summed E-state index contributed by atoms with van der Waals surface area (Å²) in [5, 5.41) is 0. The van der Waals surface area contributed by atoms with Gasteiger partial charge in [0.1, 0.15) is 6.61 Å². The van der Waals surface area contributed by atoms with Gasteiger partial charge in [-0.3, -0.25) is 4.57 Å². The fraction of sp³-hybridized carbons (Fsp3) is 0.812. The summed E-state index contributed by atoms with van der Waals surface area (Å²) in [6, 6.07) is 0. The molecule has 0 N–H and O–H groups in total. The molecule has 0 heterocycles. The van der Waals surface area contributed by atoms with Gasteiger partial charge in [-0.1, -0.05) is 19.6 Å². The van der Waals surface area contributed by atoms with Crippen LogP contribution in [0.4, 0.5) is 4.79 Å². The van der Waals surface area contributed by atoms with Crippen molar-refractivity contribution in [2.45, 2.75) is 72.3 Å². The second-order valence-corrected chi connectivity index (χ2v) is 25.9. The summed E-state index contributed by atoms with van der Waals surface area (Å²) < 4.78 is 26.8. The Labute approximate surface area is 164 Å². The molecule has 0 aliphatic carbocycles. The first-order chi connectivity index (χ1) is 11.6. The molecule has 1 amide bonds. The van der Waals surface area contributed by atoms with E-state index in [9.17, 15) is 4.79 Å². The van der Waals surface area contributed by atoms with Crippen LogP contribution in [0.25, 0.3) is 0 Å². The third-order valence-electron chi connectivity index (χ3n) is 2.63. The fourth-order valence-corrected chi connectivity index (χ4v) is 15.2. The van der Waals surface area contributed by atoms with Crippen molar-refractivity contribution >= 4 is 40.0 Å². The fourth-order valence-electron chi connectivity index (χ4n) is 2.16. The molecule has 0 saturated heterocycles. The van der Waals surface area contributed by atoms with Crippen LogP contribution in [0.1, 0.15) is 13.3 Å². The zero-order valence-corrected chi connectivity index (χ0v) is 22.4. The molecule has 0 aliphatic heterocycles. The molecule has 26 heavy (non-hydrogen) atoms. The molecule has 0 aromatic heterocycles. The molecular formula is C16H39NO5Si4. The molecule has 6 nitrogen and oxygen atoms in total. The first-order valence-electron chi connectivity index (χ1n) is 9.21. The predicted molar refractivity (Wildman–Crippen MR) is 118 cm³/mol. The Kier molecular flexibility index (Phi) is 9.71. The van der Waals surface area contributed by atoms with Crippen LogP contribution in [0.2, 0.25) is 58.9 Å². The highest BCUT2D eigenvalue weighted by molar-refractivity contribution is 6.89. The van der Waals surface area contributed by atoms with Gasteiger partial charge in [-0.05, 0) is 65.3 Å². The van der Waals surface area contributed by atoms with Gasteiger partial charge in [-0.25, -0.2) is 4.79 Å². The average molecular weight is 438 g/mol. The van der Waals surface area contributed by atoms with E-state index < -0.39 is 40.0 Å². The number of ether oxygens (including phenoxy) is 1. The largest absolute Gasteiger partial charge is 0.606 e. The molecule has 154 valence electrons. The minimum absolute atomic E-state index is 0.149. The highest BCUT2D eigenvalue weighted by Gasteiger charge is 2.58. The van der Waals surface area contributed by atoms with Gasteiger partial charge < -0.3 is 17.1 Å². The van der Waals surface area contributed by atoms with Crippen LogP contribution >= 0.6 is 0 Å². The minimum Gasteiger partial charge on any atom is -0.446 e. The standard InChI is InChI=1S/C16H39NO5Si4/c1-12-14-17(16(18)19-15-13-2)26(20-23(3,4)5,21-24(6,7)8)22-25(9,10)11/h13H,2,12,14-15H2,1,3-11H3. The number of hydrogen-bond acceptors (Lipinski definition) is 5. The number of carbonyl (C=O) groups excluding carboxylic acids is 1. The van der Waals surface area contributed by atoms with Crippen LogP contribution in [0, 0.1) is 0 Å². The highest BCUT2D eigenvalue weighted by Crippen LogP contribution is 2.29. The molecule has 10 heteroatoms. The molecule has 0 spiro atoms. The van der Waals surface area contributed by atoms with Gasteiger partial charge in [0, 0.05) is 6.54 Å². The van der Waals surface area contributed by atoms with Gasteiger partial charge in [0.05, 0.1) is 0 Å². The Balaban J connectivity index is 6.27. The van der Waals surface area contributed by atoms with Crippen molar-refractivity contribution in [3.63, 3.8) is 0 Å². The molecule has 0 saturated carbocycles. The first kappa shape index (κ1) is 25.8. The molecule has 0 atom stereocenters. The van der Waals surface area contributed by atoms with Gasteiger partial charge in [0.25, 0.3) is 0 Å². The Morgan fingerprint density at radius 2 is 1.27 bits per heavy atom. The van der Waals surface area contributed by atoms with Crippen LogP contribution in [0.5, 0.6) is 0 Å². The van der Waals surface area contributed by atoms with Crippen molar-refractivity contribution in [1.29, 1.82) is 0 Å². The van der Waals surface area contributed by atoms with Crippen LogP contribution in [-0.2, 0) is 17.1 Å². The van der Waals surface area contributed by atoms with Crippen LogP contribution in [0.15, 0.2) is 12.7 Å². The van der Waals surface area contributed by atoms with E-state index in [1.165, 1.54) is 0 Å². The molecule has 0 bridgehead atoms. The molecule has 0 aliphatic rings. The smallest absolute Gasteiger partial charge is 0.446 e. The zero-order valence-electron chi connectivity index (χ0n) is 18.4. The second kappa shape index (κ2) is 9.80. The van der Waals surface area contributed by atoms with Crippen molar-refractivity contribution in [1.82, 2.24) is 4.57 Å². The Bertz CT molecular complexity index is 428. The minimum atomic E-state index is -3.46. The number of rotatable bonds is 11. The van der Waals surface area contributed by atoms with E-state index in [0.29, 0.717) is 6.54 Å². The Morgan fingerprint density at radius 3 is 1.54 bits per heavy atom. The molecule has 0 fully saturated rings. The lowest BCUT2D eigenvalue weighted by Crippen LogP contribution is -2.71. The number of carbonyl (C=O) groups is 1. The van der Waals surface area contributed by atoms with E-state index >= 15 is 0 Å². The van der Waals surface area contributed by atoms with Gasteiger partial charge >= 0.3 is 15.1 Å². The maximum absolute atomic E-state index is 12.9. The first-order valence-corrected chi connectivity index (χ1v) is 21.1. The summed E-state index contributed by atoms with van der Waals surface area (Å²) in [4.78, 5) is 12.9. The summed E-state index contributed by atoms with van der Waals surface area (Å²) in [5.41, 5.74) is 0. The Morgan fingerprint density at radius 1 is 0.885 bits per heavy atom. The summed E-state index contributed by atoms with van der Waals surface area (Å²) >= 11 is 0. The number of nitrogens with zero attached hydrogens (tertiary/aromatic N) is 1. The van der Waals surface area contributed by atoms with Crippen molar-refractivity contribution in [2.24, 2.45) is 0 Å². The van der Waals surface area contributed by atoms with Gasteiger partial charge in [0.15, 0.2) is 25.0 Å². The zero-order chi connectivity index (χ0) is 20.8. The summed E-state index contributed by atoms with van der Waals surface area (Å²) in [6.07, 6.45) is 1.87. The molecule has 0 radical (unpaired) electrons. The van der Waals surface area contributed by atoms with Gasteiger partial charge in [-0.15, -0.1) is 0 Å². The van der Waals surface area contributed by atoms with Crippen LogP contribution < -0.4 is 0 Å². The number of hydrogen-bond donors (Lipinski definition) is 0. The maximum Gasteiger partial charge on any atom is 0.606 e. The van der Waals surface area contributed by atoms with E-state index in [2.05, 4.69) is 65.5 Å². The maximum atomic E-state index is 12.9. The molecule has 0 unspecified atom stereocenters. The lowest BCUT2D eigenvalue weighted by atomic mass is 10.5. The van der Waals surface area contributed by atoms with Crippen molar-refractivity contribution in [3.8, 4) is 0 Å². The van der Waals surface area contributed by atoms with Crippen molar-refractivity contribution in [3.05, 3.63) is 12.7 Å². The lowest BCUT2D eigenvalue weighted by molar-refractivity contribution is 0.0994. The average Bonchev–Trinajstić information content (AvgIpc) is 2.35. The summed E-state index contributed by atoms with van der Waals surface area (Å²) in [5.74, 6) is 0. The highest BCUT2D eigenvalue weighted by atomic mass is 28.5. The summed E-state index contributed by atoms with van der Waals surface area (Å²) in [7, 11) is -9.68. The summed E-state index contributed by atoms with van der Waals surface area (Å²) in [6.45, 7) is 25.1. The van der Waals surface area contributed by atoms with Crippen molar-refractivity contribution in [2.75, 3.05) is 13.2 Å². The monoisotopic (exact) mass is 437 g/mol. The molecular weight excluding hydrogens is 399 g/mol. The van der Waals surface area contributed by atoms with E-state index in [4.69, 9.17) is 17.1 Å².